The highest BCUT2D eigenvalue weighted by molar-refractivity contribution is 5.92. The standard InChI is InChI=1S/C13H16N4O3/c1-13(2,3)12-14-15-16-17(12)10-6-5-8(20-4)7-9(10)11(18)19/h5-7H,1-4H3,(H,18,19). The fourth-order valence-corrected chi connectivity index (χ4v) is 1.82. The molecular weight excluding hydrogens is 260 g/mol. The molecule has 1 heterocycles. The summed E-state index contributed by atoms with van der Waals surface area (Å²) < 4.78 is 6.50. The lowest BCUT2D eigenvalue weighted by atomic mass is 9.95. The van der Waals surface area contributed by atoms with Gasteiger partial charge in [-0.2, -0.15) is 4.68 Å². The van der Waals surface area contributed by atoms with E-state index in [0.717, 1.165) is 0 Å². The number of rotatable bonds is 3. The van der Waals surface area contributed by atoms with Crippen LogP contribution in [0.3, 0.4) is 0 Å². The van der Waals surface area contributed by atoms with Gasteiger partial charge in [-0.25, -0.2) is 4.79 Å². The molecule has 2 aromatic rings. The van der Waals surface area contributed by atoms with E-state index < -0.39 is 5.97 Å². The Labute approximate surface area is 116 Å². The Morgan fingerprint density at radius 3 is 2.60 bits per heavy atom. The van der Waals surface area contributed by atoms with E-state index in [4.69, 9.17) is 4.74 Å². The molecule has 7 nitrogen and oxygen atoms in total. The quantitative estimate of drug-likeness (QED) is 0.917. The molecule has 0 spiro atoms. The number of aromatic nitrogens is 4. The molecule has 7 heteroatoms. The number of ether oxygens (including phenoxy) is 1. The predicted molar refractivity (Wildman–Crippen MR) is 71.4 cm³/mol. The van der Waals surface area contributed by atoms with Crippen molar-refractivity contribution in [3.8, 4) is 11.4 Å². The zero-order valence-corrected chi connectivity index (χ0v) is 11.8. The summed E-state index contributed by atoms with van der Waals surface area (Å²) in [5.74, 6) is -0.00374. The normalized spacial score (nSPS) is 11.4. The first-order valence-electron chi connectivity index (χ1n) is 6.05. The van der Waals surface area contributed by atoms with Crippen LogP contribution in [0.4, 0.5) is 0 Å². The number of benzene rings is 1. The molecule has 0 aliphatic carbocycles. The minimum atomic E-state index is -1.06. The monoisotopic (exact) mass is 276 g/mol. The van der Waals surface area contributed by atoms with Crippen LogP contribution in [-0.4, -0.2) is 38.4 Å². The maximum Gasteiger partial charge on any atom is 0.338 e. The van der Waals surface area contributed by atoms with E-state index in [-0.39, 0.29) is 11.0 Å². The molecule has 1 N–H and O–H groups in total. The van der Waals surface area contributed by atoms with Crippen molar-refractivity contribution in [1.29, 1.82) is 0 Å². The van der Waals surface area contributed by atoms with Crippen molar-refractivity contribution in [3.05, 3.63) is 29.6 Å². The minimum Gasteiger partial charge on any atom is -0.497 e. The first kappa shape index (κ1) is 14.0. The molecule has 0 unspecified atom stereocenters. The molecule has 20 heavy (non-hydrogen) atoms. The van der Waals surface area contributed by atoms with E-state index in [0.29, 0.717) is 17.3 Å². The molecule has 0 aliphatic rings. The molecule has 106 valence electrons. The largest absolute Gasteiger partial charge is 0.497 e. The summed E-state index contributed by atoms with van der Waals surface area (Å²) in [7, 11) is 1.48. The molecule has 0 fully saturated rings. The van der Waals surface area contributed by atoms with Gasteiger partial charge in [0, 0.05) is 5.41 Å². The van der Waals surface area contributed by atoms with Crippen molar-refractivity contribution < 1.29 is 14.6 Å². The second-order valence-corrected chi connectivity index (χ2v) is 5.35. The summed E-state index contributed by atoms with van der Waals surface area (Å²) in [4.78, 5) is 11.4. The summed E-state index contributed by atoms with van der Waals surface area (Å²) in [6, 6.07) is 4.76. The number of carbonyl (C=O) groups is 1. The number of hydrogen-bond donors (Lipinski definition) is 1. The van der Waals surface area contributed by atoms with E-state index in [2.05, 4.69) is 15.5 Å². The van der Waals surface area contributed by atoms with Crippen LogP contribution >= 0.6 is 0 Å². The SMILES string of the molecule is COc1ccc(-n2nnnc2C(C)(C)C)c(C(=O)O)c1. The van der Waals surface area contributed by atoms with Gasteiger partial charge in [0.05, 0.1) is 18.4 Å². The van der Waals surface area contributed by atoms with Crippen molar-refractivity contribution in [2.24, 2.45) is 0 Å². The average molecular weight is 276 g/mol. The van der Waals surface area contributed by atoms with E-state index in [1.165, 1.54) is 17.9 Å². The van der Waals surface area contributed by atoms with E-state index in [1.54, 1.807) is 12.1 Å². The Bertz CT molecular complexity index is 643. The van der Waals surface area contributed by atoms with Crippen LogP contribution in [-0.2, 0) is 5.41 Å². The van der Waals surface area contributed by atoms with Crippen molar-refractivity contribution in [1.82, 2.24) is 20.2 Å². The molecule has 0 aliphatic heterocycles. The Kier molecular flexibility index (Phi) is 3.44. The average Bonchev–Trinajstić information content (AvgIpc) is 2.86. The fourth-order valence-electron chi connectivity index (χ4n) is 1.82. The number of tetrazole rings is 1. The summed E-state index contributed by atoms with van der Waals surface area (Å²) >= 11 is 0. The second-order valence-electron chi connectivity index (χ2n) is 5.35. The molecule has 0 saturated carbocycles. The molecule has 1 aromatic heterocycles. The third kappa shape index (κ3) is 2.47. The lowest BCUT2D eigenvalue weighted by molar-refractivity contribution is 0.0696. The molecule has 0 atom stereocenters. The minimum absolute atomic E-state index is 0.0853. The third-order valence-electron chi connectivity index (χ3n) is 2.80. The van der Waals surface area contributed by atoms with E-state index in [1.807, 2.05) is 20.8 Å². The van der Waals surface area contributed by atoms with Crippen LogP contribution in [0.2, 0.25) is 0 Å². The zero-order valence-electron chi connectivity index (χ0n) is 11.8. The van der Waals surface area contributed by atoms with E-state index >= 15 is 0 Å². The van der Waals surface area contributed by atoms with Crippen molar-refractivity contribution in [2.75, 3.05) is 7.11 Å². The number of methoxy groups -OCH3 is 1. The van der Waals surface area contributed by atoms with Gasteiger partial charge in [0.15, 0.2) is 5.82 Å². The molecule has 2 rings (SSSR count). The second kappa shape index (κ2) is 4.92. The molecule has 0 saturated heterocycles. The van der Waals surface area contributed by atoms with Crippen LogP contribution in [0.5, 0.6) is 5.75 Å². The zero-order chi connectivity index (χ0) is 14.9. The molecular formula is C13H16N4O3. The smallest absolute Gasteiger partial charge is 0.338 e. The highest BCUT2D eigenvalue weighted by atomic mass is 16.5. The summed E-state index contributed by atoms with van der Waals surface area (Å²) in [5.41, 5.74) is 0.189. The van der Waals surface area contributed by atoms with Crippen LogP contribution in [0.1, 0.15) is 37.0 Å². The van der Waals surface area contributed by atoms with Crippen LogP contribution in [0, 0.1) is 0 Å². The van der Waals surface area contributed by atoms with E-state index in [9.17, 15) is 9.90 Å². The van der Waals surface area contributed by atoms with Gasteiger partial charge in [-0.05, 0) is 28.6 Å². The predicted octanol–water partition coefficient (Wildman–Crippen LogP) is 1.67. The fraction of sp³-hybridized carbons (Fsp3) is 0.385. The first-order chi connectivity index (χ1) is 9.34. The van der Waals surface area contributed by atoms with Gasteiger partial charge in [0.25, 0.3) is 0 Å². The Hall–Kier alpha value is -2.44. The molecule has 1 aromatic carbocycles. The number of aromatic carboxylic acids is 1. The van der Waals surface area contributed by atoms with Crippen molar-refractivity contribution in [2.45, 2.75) is 26.2 Å². The summed E-state index contributed by atoms with van der Waals surface area (Å²) in [6.45, 7) is 5.87. The molecule has 0 bridgehead atoms. The Balaban J connectivity index is 2.64. The van der Waals surface area contributed by atoms with Gasteiger partial charge < -0.3 is 9.84 Å². The maximum absolute atomic E-state index is 11.4. The lowest BCUT2D eigenvalue weighted by Crippen LogP contribution is -2.20. The number of carboxylic acids is 1. The number of carboxylic acid groups (broad SMARTS) is 1. The maximum atomic E-state index is 11.4. The molecule has 0 amide bonds. The lowest BCUT2D eigenvalue weighted by Gasteiger charge is -2.18. The summed E-state index contributed by atoms with van der Waals surface area (Å²) in [5, 5.41) is 20.9. The van der Waals surface area contributed by atoms with Gasteiger partial charge >= 0.3 is 5.97 Å². The molecule has 0 radical (unpaired) electrons. The van der Waals surface area contributed by atoms with Crippen molar-refractivity contribution in [3.63, 3.8) is 0 Å². The number of nitrogens with zero attached hydrogens (tertiary/aromatic N) is 4. The van der Waals surface area contributed by atoms with Gasteiger partial charge in [0.1, 0.15) is 5.75 Å². The van der Waals surface area contributed by atoms with Gasteiger partial charge in [-0.1, -0.05) is 20.8 Å². The topological polar surface area (TPSA) is 90.1 Å². The number of hydrogen-bond acceptors (Lipinski definition) is 5. The van der Waals surface area contributed by atoms with Crippen LogP contribution < -0.4 is 4.74 Å². The van der Waals surface area contributed by atoms with Gasteiger partial charge in [-0.3, -0.25) is 0 Å². The van der Waals surface area contributed by atoms with Crippen LogP contribution in [0.25, 0.3) is 5.69 Å². The van der Waals surface area contributed by atoms with Crippen molar-refractivity contribution >= 4 is 5.97 Å². The Morgan fingerprint density at radius 2 is 2.05 bits per heavy atom. The highest BCUT2D eigenvalue weighted by Crippen LogP contribution is 2.25. The third-order valence-corrected chi connectivity index (χ3v) is 2.80. The highest BCUT2D eigenvalue weighted by Gasteiger charge is 2.25. The Morgan fingerprint density at radius 1 is 1.35 bits per heavy atom. The van der Waals surface area contributed by atoms with Gasteiger partial charge in [-0.15, -0.1) is 5.10 Å². The van der Waals surface area contributed by atoms with Crippen LogP contribution in [0.15, 0.2) is 18.2 Å². The van der Waals surface area contributed by atoms with Gasteiger partial charge in [0.2, 0.25) is 0 Å². The summed E-state index contributed by atoms with van der Waals surface area (Å²) in [6.07, 6.45) is 0. The first-order valence-corrected chi connectivity index (χ1v) is 6.05.